The fraction of sp³-hybridized carbons (Fsp3) is 0.163. The van der Waals surface area contributed by atoms with Gasteiger partial charge in [0.1, 0.15) is 17.2 Å². The molecule has 0 aliphatic heterocycles. The Hall–Kier alpha value is -5.10. The molecule has 59 heavy (non-hydrogen) atoms. The number of rotatable bonds is 10. The molecule has 1 heterocycles. The van der Waals surface area contributed by atoms with Crippen molar-refractivity contribution in [1.29, 1.82) is 0 Å². The van der Waals surface area contributed by atoms with Gasteiger partial charge in [0.25, 0.3) is 0 Å². The molecule has 6 aromatic carbocycles. The van der Waals surface area contributed by atoms with Crippen molar-refractivity contribution < 1.29 is 23.3 Å². The van der Waals surface area contributed by atoms with E-state index in [0.29, 0.717) is 27.0 Å². The lowest BCUT2D eigenvalue weighted by atomic mass is 9.77. The SMILES string of the molecule is CC(C)(C)c1ccc(-c2ncc(Br)cc2F)c(O[Si](c2ccccc2)c2ccccc2)c1.CC(C)(C)c1ccc(B(O)O)c(O[Si](c2ccccc2)c2ccccc2)c1. The van der Waals surface area contributed by atoms with E-state index in [9.17, 15) is 14.4 Å². The van der Waals surface area contributed by atoms with Crippen LogP contribution in [0.5, 0.6) is 11.5 Å². The van der Waals surface area contributed by atoms with Crippen molar-refractivity contribution in [3.05, 3.63) is 191 Å². The van der Waals surface area contributed by atoms with Crippen molar-refractivity contribution in [1.82, 2.24) is 4.98 Å². The van der Waals surface area contributed by atoms with Crippen molar-refractivity contribution in [3.8, 4) is 22.8 Å². The topological polar surface area (TPSA) is 71.8 Å². The van der Waals surface area contributed by atoms with E-state index in [1.165, 1.54) is 6.07 Å². The van der Waals surface area contributed by atoms with Gasteiger partial charge in [-0.1, -0.05) is 181 Å². The maximum absolute atomic E-state index is 14.9. The minimum Gasteiger partial charge on any atom is -0.533 e. The van der Waals surface area contributed by atoms with Crippen LogP contribution >= 0.6 is 15.9 Å². The zero-order chi connectivity index (χ0) is 42.2. The highest BCUT2D eigenvalue weighted by Gasteiger charge is 2.28. The summed E-state index contributed by atoms with van der Waals surface area (Å²) in [5, 5.41) is 24.1. The first-order chi connectivity index (χ1) is 28.2. The van der Waals surface area contributed by atoms with Gasteiger partial charge in [-0.15, -0.1) is 0 Å². The minimum absolute atomic E-state index is 0.0660. The zero-order valence-electron chi connectivity index (χ0n) is 34.2. The van der Waals surface area contributed by atoms with Crippen LogP contribution in [0.15, 0.2) is 174 Å². The van der Waals surface area contributed by atoms with E-state index in [0.717, 1.165) is 31.9 Å². The van der Waals surface area contributed by atoms with E-state index >= 15 is 0 Å². The van der Waals surface area contributed by atoms with Gasteiger partial charge in [-0.3, -0.25) is 4.98 Å². The lowest BCUT2D eigenvalue weighted by molar-refractivity contribution is 0.423. The third-order valence-electron chi connectivity index (χ3n) is 9.64. The third kappa shape index (κ3) is 11.3. The number of halogens is 2. The van der Waals surface area contributed by atoms with Crippen LogP contribution < -0.4 is 35.1 Å². The van der Waals surface area contributed by atoms with Crippen molar-refractivity contribution in [2.45, 2.75) is 52.4 Å². The molecule has 10 heteroatoms. The van der Waals surface area contributed by atoms with E-state index in [1.807, 2.05) is 103 Å². The molecule has 5 nitrogen and oxygen atoms in total. The number of benzene rings is 6. The van der Waals surface area contributed by atoms with Crippen molar-refractivity contribution in [3.63, 3.8) is 0 Å². The Kier molecular flexibility index (Phi) is 14.2. The summed E-state index contributed by atoms with van der Waals surface area (Å²) in [6, 6.07) is 53.7. The normalized spacial score (nSPS) is 11.5. The number of hydrogen-bond acceptors (Lipinski definition) is 5. The number of hydrogen-bond donors (Lipinski definition) is 2. The van der Waals surface area contributed by atoms with E-state index in [1.54, 1.807) is 12.3 Å². The van der Waals surface area contributed by atoms with Gasteiger partial charge in [0.15, 0.2) is 5.82 Å². The van der Waals surface area contributed by atoms with Crippen LogP contribution in [0.25, 0.3) is 11.3 Å². The maximum Gasteiger partial charge on any atom is 0.492 e. The summed E-state index contributed by atoms with van der Waals surface area (Å²) in [6.45, 7) is 12.9. The molecule has 2 radical (unpaired) electrons. The Bertz CT molecular complexity index is 2350. The van der Waals surface area contributed by atoms with Crippen LogP contribution in [0.4, 0.5) is 4.39 Å². The summed E-state index contributed by atoms with van der Waals surface area (Å²) in [4.78, 5) is 4.36. The summed E-state index contributed by atoms with van der Waals surface area (Å²) in [6.07, 6.45) is 1.61. The molecule has 0 spiro atoms. The minimum atomic E-state index is -1.62. The molecule has 0 bridgehead atoms. The van der Waals surface area contributed by atoms with E-state index in [2.05, 4.69) is 111 Å². The van der Waals surface area contributed by atoms with Gasteiger partial charge in [0.05, 0.1) is 0 Å². The molecule has 298 valence electrons. The highest BCUT2D eigenvalue weighted by atomic mass is 79.9. The Morgan fingerprint density at radius 2 is 0.932 bits per heavy atom. The molecule has 0 amide bonds. The van der Waals surface area contributed by atoms with Gasteiger partial charge in [-0.2, -0.15) is 0 Å². The first kappa shape index (κ1) is 43.5. The second-order valence-electron chi connectivity index (χ2n) is 16.1. The molecule has 7 rings (SSSR count). The smallest absolute Gasteiger partial charge is 0.492 e. The van der Waals surface area contributed by atoms with Gasteiger partial charge in [-0.05, 0) is 82.9 Å². The molecule has 0 saturated heterocycles. The molecule has 1 aromatic heterocycles. The Balaban J connectivity index is 0.000000201. The summed E-state index contributed by atoms with van der Waals surface area (Å²) >= 11 is 3.30. The molecule has 7 aromatic rings. The molecular weight excluding hydrogens is 832 g/mol. The van der Waals surface area contributed by atoms with E-state index < -0.39 is 25.2 Å². The second kappa shape index (κ2) is 19.3. The first-order valence-electron chi connectivity index (χ1n) is 19.5. The molecule has 0 aliphatic rings. The number of pyridine rings is 1. The summed E-state index contributed by atoms with van der Waals surface area (Å²) in [7, 11) is -4.79. The fourth-order valence-electron chi connectivity index (χ4n) is 6.33. The largest absolute Gasteiger partial charge is 0.533 e. The second-order valence-corrected chi connectivity index (χ2v) is 21.1. The lowest BCUT2D eigenvalue weighted by Gasteiger charge is -2.24. The van der Waals surface area contributed by atoms with E-state index in [4.69, 9.17) is 8.85 Å². The molecular formula is C49H48BBrFNO4Si2. The fourth-order valence-corrected chi connectivity index (χ4v) is 10.5. The standard InChI is InChI=1S/C27H24BrFNOSi.C22H24BO3Si/c1-27(2,3)19-14-15-23(26-24(29)17-20(28)18-30-26)25(16-19)31-32(21-10-6-4-7-11-21)22-12-8-5-9-13-22;1-22(2,3)17-14-15-20(23(24)25)21(16-17)26-27(18-10-6-4-7-11-18)19-12-8-5-9-13-19/h4-18H,1-3H3;4-16,24-25H,1-3H3. The van der Waals surface area contributed by atoms with Gasteiger partial charge < -0.3 is 18.9 Å². The highest BCUT2D eigenvalue weighted by molar-refractivity contribution is 9.10. The molecule has 0 atom stereocenters. The van der Waals surface area contributed by atoms with Crippen LogP contribution in [-0.4, -0.2) is 40.2 Å². The molecule has 0 fully saturated rings. The zero-order valence-corrected chi connectivity index (χ0v) is 37.7. The first-order valence-corrected chi connectivity index (χ1v) is 23.1. The molecule has 0 unspecified atom stereocenters. The Morgan fingerprint density at radius 3 is 1.32 bits per heavy atom. The molecule has 0 saturated carbocycles. The quantitative estimate of drug-likeness (QED) is 0.137. The van der Waals surface area contributed by atoms with Gasteiger partial charge in [-0.25, -0.2) is 4.39 Å². The van der Waals surface area contributed by atoms with Gasteiger partial charge in [0, 0.05) is 21.7 Å². The lowest BCUT2D eigenvalue weighted by Crippen LogP contribution is -2.49. The average molecular weight is 881 g/mol. The predicted molar refractivity (Wildman–Crippen MR) is 248 cm³/mol. The molecule has 0 aliphatic carbocycles. The summed E-state index contributed by atoms with van der Waals surface area (Å²) in [5.74, 6) is 0.785. The van der Waals surface area contributed by atoms with Crippen LogP contribution in [-0.2, 0) is 10.8 Å². The number of nitrogens with zero attached hydrogens (tertiary/aromatic N) is 1. The van der Waals surface area contributed by atoms with Crippen molar-refractivity contribution in [2.75, 3.05) is 0 Å². The third-order valence-corrected chi connectivity index (χ3v) is 14.3. The summed E-state index contributed by atoms with van der Waals surface area (Å²) in [5.41, 5.74) is 3.39. The van der Waals surface area contributed by atoms with Crippen molar-refractivity contribution in [2.24, 2.45) is 0 Å². The van der Waals surface area contributed by atoms with Crippen LogP contribution in [0.2, 0.25) is 0 Å². The number of aromatic nitrogens is 1. The van der Waals surface area contributed by atoms with Crippen molar-refractivity contribution >= 4 is 67.3 Å². The highest BCUT2D eigenvalue weighted by Crippen LogP contribution is 2.36. The Morgan fingerprint density at radius 1 is 0.542 bits per heavy atom. The van der Waals surface area contributed by atoms with Gasteiger partial charge >= 0.3 is 25.2 Å². The predicted octanol–water partition coefficient (Wildman–Crippen LogP) is 7.98. The molecule has 2 N–H and O–H groups in total. The van der Waals surface area contributed by atoms with Crippen LogP contribution in [0, 0.1) is 5.82 Å². The average Bonchev–Trinajstić information content (AvgIpc) is 3.23. The van der Waals surface area contributed by atoms with Crippen LogP contribution in [0.1, 0.15) is 52.7 Å². The van der Waals surface area contributed by atoms with E-state index in [-0.39, 0.29) is 22.3 Å². The van der Waals surface area contributed by atoms with Crippen LogP contribution in [0.3, 0.4) is 0 Å². The summed E-state index contributed by atoms with van der Waals surface area (Å²) < 4.78 is 28.8. The van der Waals surface area contributed by atoms with Gasteiger partial charge in [0.2, 0.25) is 0 Å². The monoisotopic (exact) mass is 879 g/mol. The maximum atomic E-state index is 14.9. The Labute approximate surface area is 360 Å².